The lowest BCUT2D eigenvalue weighted by molar-refractivity contribution is -0.174. The Kier molecular flexibility index (Phi) is 5.69. The lowest BCUT2D eigenvalue weighted by atomic mass is 9.87. The van der Waals surface area contributed by atoms with E-state index < -0.39 is 5.60 Å². The molecule has 2 heterocycles. The molecule has 0 radical (unpaired) electrons. The van der Waals surface area contributed by atoms with E-state index in [1.54, 1.807) is 4.90 Å². The van der Waals surface area contributed by atoms with Crippen LogP contribution in [-0.4, -0.2) is 59.2 Å². The molecule has 0 bridgehead atoms. The van der Waals surface area contributed by atoms with E-state index >= 15 is 0 Å². The van der Waals surface area contributed by atoms with E-state index in [0.29, 0.717) is 19.0 Å². The van der Waals surface area contributed by atoms with Crippen molar-refractivity contribution >= 4 is 12.1 Å². The van der Waals surface area contributed by atoms with Gasteiger partial charge in [0.25, 0.3) is 0 Å². The first-order chi connectivity index (χ1) is 13.3. The maximum atomic E-state index is 12.2. The Labute approximate surface area is 174 Å². The molecule has 6 heteroatoms. The van der Waals surface area contributed by atoms with Gasteiger partial charge in [0, 0.05) is 45.6 Å². The number of carbonyl (C=O) groups excluding carboxylic acids is 2. The Morgan fingerprint density at radius 3 is 2.17 bits per heavy atom. The predicted octanol–water partition coefficient (Wildman–Crippen LogP) is 3.78. The quantitative estimate of drug-likeness (QED) is 0.718. The van der Waals surface area contributed by atoms with E-state index in [1.807, 2.05) is 27.7 Å². The van der Waals surface area contributed by atoms with Gasteiger partial charge >= 0.3 is 12.1 Å². The number of nitrogens with zero attached hydrogens (tertiary/aromatic N) is 2. The molecule has 0 unspecified atom stereocenters. The molecule has 1 amide bonds. The summed E-state index contributed by atoms with van der Waals surface area (Å²) in [7, 11) is 0. The smallest absolute Gasteiger partial charge is 0.410 e. The summed E-state index contributed by atoms with van der Waals surface area (Å²) in [6, 6.07) is 4.51. The molecule has 2 fully saturated rings. The van der Waals surface area contributed by atoms with Crippen LogP contribution in [0.4, 0.5) is 4.79 Å². The van der Waals surface area contributed by atoms with Crippen LogP contribution in [-0.2, 0) is 20.8 Å². The molecule has 6 nitrogen and oxygen atoms in total. The first kappa shape index (κ1) is 21.6. The third-order valence-electron chi connectivity index (χ3n) is 5.61. The van der Waals surface area contributed by atoms with Crippen LogP contribution in [0.3, 0.4) is 0 Å². The average molecular weight is 403 g/mol. The standard InChI is InChI=1S/C23H34N2O4/c1-15-8-18(19-10-25(11-19)21(27)29-22(4,5)6)9-16(2)20(15)12-24-13-23(7,14-24)28-17(3)26/h8-9,19H,10-14H2,1-7H3. The summed E-state index contributed by atoms with van der Waals surface area (Å²) in [6.07, 6.45) is -0.229. The Balaban J connectivity index is 1.57. The second-order valence-corrected chi connectivity index (χ2v) is 9.90. The molecule has 0 aliphatic carbocycles. The Morgan fingerprint density at radius 1 is 1.14 bits per heavy atom. The van der Waals surface area contributed by atoms with Gasteiger partial charge in [-0.25, -0.2) is 4.79 Å². The van der Waals surface area contributed by atoms with Gasteiger partial charge in [0.2, 0.25) is 0 Å². The van der Waals surface area contributed by atoms with Crippen molar-refractivity contribution < 1.29 is 19.1 Å². The molecule has 2 saturated heterocycles. The van der Waals surface area contributed by atoms with E-state index in [0.717, 1.165) is 19.6 Å². The fourth-order valence-electron chi connectivity index (χ4n) is 4.32. The highest BCUT2D eigenvalue weighted by atomic mass is 16.6. The Bertz CT molecular complexity index is 777. The van der Waals surface area contributed by atoms with Crippen molar-refractivity contribution in [2.75, 3.05) is 26.2 Å². The van der Waals surface area contributed by atoms with Crippen LogP contribution < -0.4 is 0 Å². The van der Waals surface area contributed by atoms with Crippen molar-refractivity contribution in [2.45, 2.75) is 72.1 Å². The van der Waals surface area contributed by atoms with Crippen LogP contribution in [0.1, 0.15) is 62.8 Å². The van der Waals surface area contributed by atoms with Crippen LogP contribution in [0.5, 0.6) is 0 Å². The zero-order chi connectivity index (χ0) is 21.6. The van der Waals surface area contributed by atoms with Crippen molar-refractivity contribution in [1.82, 2.24) is 9.80 Å². The first-order valence-electron chi connectivity index (χ1n) is 10.4. The average Bonchev–Trinajstić information content (AvgIpc) is 2.44. The SMILES string of the molecule is CC(=O)OC1(C)CN(Cc2c(C)cc(C3CN(C(=O)OC(C)(C)C)C3)cc2C)C1. The van der Waals surface area contributed by atoms with Crippen molar-refractivity contribution in [3.63, 3.8) is 0 Å². The Morgan fingerprint density at radius 2 is 1.69 bits per heavy atom. The van der Waals surface area contributed by atoms with Crippen LogP contribution >= 0.6 is 0 Å². The third-order valence-corrected chi connectivity index (χ3v) is 5.61. The minimum Gasteiger partial charge on any atom is -0.457 e. The molecule has 1 aromatic rings. The number of hydrogen-bond donors (Lipinski definition) is 0. The van der Waals surface area contributed by atoms with Crippen molar-refractivity contribution in [3.8, 4) is 0 Å². The molecule has 0 spiro atoms. The fraction of sp³-hybridized carbons (Fsp3) is 0.652. The molecule has 0 saturated carbocycles. The van der Waals surface area contributed by atoms with Gasteiger partial charge < -0.3 is 14.4 Å². The van der Waals surface area contributed by atoms with Crippen molar-refractivity contribution in [1.29, 1.82) is 0 Å². The number of amides is 1. The van der Waals surface area contributed by atoms with Gasteiger partial charge in [0.1, 0.15) is 11.2 Å². The summed E-state index contributed by atoms with van der Waals surface area (Å²) >= 11 is 0. The predicted molar refractivity (Wildman–Crippen MR) is 112 cm³/mol. The molecule has 0 atom stereocenters. The molecule has 3 rings (SSSR count). The lowest BCUT2D eigenvalue weighted by Crippen LogP contribution is -2.61. The van der Waals surface area contributed by atoms with Crippen molar-refractivity contribution in [2.24, 2.45) is 0 Å². The first-order valence-corrected chi connectivity index (χ1v) is 10.4. The number of benzene rings is 1. The number of carbonyl (C=O) groups is 2. The van der Waals surface area contributed by atoms with Gasteiger partial charge in [-0.2, -0.15) is 0 Å². The lowest BCUT2D eigenvalue weighted by Gasteiger charge is -2.47. The number of hydrogen-bond acceptors (Lipinski definition) is 5. The number of esters is 1. The second-order valence-electron chi connectivity index (χ2n) is 9.90. The summed E-state index contributed by atoms with van der Waals surface area (Å²) < 4.78 is 10.9. The zero-order valence-corrected chi connectivity index (χ0v) is 18.8. The molecule has 1 aromatic carbocycles. The summed E-state index contributed by atoms with van der Waals surface area (Å²) in [5.74, 6) is 0.148. The highest BCUT2D eigenvalue weighted by Gasteiger charge is 2.42. The summed E-state index contributed by atoms with van der Waals surface area (Å²) in [5, 5.41) is 0. The van der Waals surface area contributed by atoms with E-state index in [-0.39, 0.29) is 17.7 Å². The van der Waals surface area contributed by atoms with Gasteiger partial charge in [-0.1, -0.05) is 12.1 Å². The van der Waals surface area contributed by atoms with Crippen LogP contribution in [0.15, 0.2) is 12.1 Å². The molecule has 2 aliphatic rings. The zero-order valence-electron chi connectivity index (χ0n) is 18.8. The summed E-state index contributed by atoms with van der Waals surface area (Å²) in [5.41, 5.74) is 4.36. The van der Waals surface area contributed by atoms with Gasteiger partial charge in [-0.05, 0) is 63.8 Å². The van der Waals surface area contributed by atoms with Gasteiger partial charge in [0.15, 0.2) is 0 Å². The second kappa shape index (κ2) is 7.63. The molecular formula is C23H34N2O4. The van der Waals surface area contributed by atoms with E-state index in [4.69, 9.17) is 9.47 Å². The number of ether oxygens (including phenoxy) is 2. The molecule has 2 aliphatic heterocycles. The fourth-order valence-corrected chi connectivity index (χ4v) is 4.32. The van der Waals surface area contributed by atoms with Crippen LogP contribution in [0.25, 0.3) is 0 Å². The maximum Gasteiger partial charge on any atom is 0.410 e. The highest BCUT2D eigenvalue weighted by molar-refractivity contribution is 5.69. The van der Waals surface area contributed by atoms with Gasteiger partial charge in [0.05, 0.1) is 0 Å². The normalized spacial score (nSPS) is 19.3. The Hall–Kier alpha value is -2.08. The molecule has 0 N–H and O–H groups in total. The van der Waals surface area contributed by atoms with Crippen molar-refractivity contribution in [3.05, 3.63) is 34.4 Å². The topological polar surface area (TPSA) is 59.1 Å². The summed E-state index contributed by atoms with van der Waals surface area (Å²) in [6.45, 7) is 17.2. The molecule has 160 valence electrons. The number of likely N-dealkylation sites (tertiary alicyclic amines) is 2. The van der Waals surface area contributed by atoms with E-state index in [1.165, 1.54) is 29.2 Å². The number of rotatable bonds is 4. The third kappa shape index (κ3) is 5.10. The highest BCUT2D eigenvalue weighted by Crippen LogP contribution is 2.33. The monoisotopic (exact) mass is 402 g/mol. The van der Waals surface area contributed by atoms with E-state index in [2.05, 4.69) is 30.9 Å². The molecular weight excluding hydrogens is 368 g/mol. The number of aryl methyl sites for hydroxylation is 2. The summed E-state index contributed by atoms with van der Waals surface area (Å²) in [4.78, 5) is 27.5. The largest absolute Gasteiger partial charge is 0.457 e. The van der Waals surface area contributed by atoms with E-state index in [9.17, 15) is 9.59 Å². The van der Waals surface area contributed by atoms with Gasteiger partial charge in [-0.15, -0.1) is 0 Å². The molecule has 29 heavy (non-hydrogen) atoms. The minimum atomic E-state index is -0.459. The maximum absolute atomic E-state index is 12.2. The van der Waals surface area contributed by atoms with Crippen LogP contribution in [0.2, 0.25) is 0 Å². The van der Waals surface area contributed by atoms with Crippen LogP contribution in [0, 0.1) is 13.8 Å². The minimum absolute atomic E-state index is 0.218. The van der Waals surface area contributed by atoms with Gasteiger partial charge in [-0.3, -0.25) is 9.69 Å². The molecule has 0 aromatic heterocycles.